The average molecular weight is 582 g/mol. The largest absolute Gasteiger partial charge is 1.00 e. The molecular formula is C25H18Cl2N3NaO6S. The second kappa shape index (κ2) is 12.0. The van der Waals surface area contributed by atoms with E-state index in [1.165, 1.54) is 31.4 Å². The molecule has 0 aliphatic carbocycles. The summed E-state index contributed by atoms with van der Waals surface area (Å²) in [5, 5.41) is 25.0. The number of carbonyl (C=O) groups is 1. The van der Waals surface area contributed by atoms with Crippen LogP contribution in [-0.4, -0.2) is 26.0 Å². The molecule has 0 aliphatic heterocycles. The maximum Gasteiger partial charge on any atom is 1.00 e. The Kier molecular flexibility index (Phi) is 9.43. The first-order valence-electron chi connectivity index (χ1n) is 10.6. The molecule has 0 atom stereocenters. The topological polar surface area (TPSA) is 140 Å². The van der Waals surface area contributed by atoms with E-state index in [1.807, 2.05) is 0 Å². The molecular weight excluding hydrogens is 564 g/mol. The Morgan fingerprint density at radius 2 is 1.76 bits per heavy atom. The molecule has 0 aromatic heterocycles. The minimum Gasteiger partial charge on any atom is -0.870 e. The van der Waals surface area contributed by atoms with Crippen LogP contribution in [0.2, 0.25) is 10.0 Å². The summed E-state index contributed by atoms with van der Waals surface area (Å²) in [6.45, 7) is 1.58. The predicted octanol–water partition coefficient (Wildman–Crippen LogP) is 3.46. The van der Waals surface area contributed by atoms with Crippen molar-refractivity contribution >= 4 is 67.1 Å². The minimum absolute atomic E-state index is 0. The molecule has 38 heavy (non-hydrogen) atoms. The predicted molar refractivity (Wildman–Crippen MR) is 140 cm³/mol. The van der Waals surface area contributed by atoms with Crippen LogP contribution in [0.1, 0.15) is 15.9 Å². The van der Waals surface area contributed by atoms with Gasteiger partial charge >= 0.3 is 29.6 Å². The van der Waals surface area contributed by atoms with Crippen LogP contribution in [0.15, 0.2) is 75.8 Å². The number of ether oxygens (including phenoxy) is 1. The van der Waals surface area contributed by atoms with Crippen LogP contribution >= 0.6 is 23.2 Å². The fraction of sp³-hybridized carbons (Fsp3) is 0.0800. The quantitative estimate of drug-likeness (QED) is 0.203. The van der Waals surface area contributed by atoms with Gasteiger partial charge in [-0.1, -0.05) is 53.2 Å². The first-order chi connectivity index (χ1) is 17.5. The van der Waals surface area contributed by atoms with Crippen molar-refractivity contribution in [2.45, 2.75) is 11.8 Å². The number of benzene rings is 4. The number of amides is 1. The Balaban J connectivity index is 0.00000400. The van der Waals surface area contributed by atoms with Crippen LogP contribution < -0.4 is 44.7 Å². The van der Waals surface area contributed by atoms with E-state index in [-0.39, 0.29) is 51.5 Å². The standard InChI is InChI=1S/C25H19Cl2N3O6S.Na/c1-13-9-19(22(27)21(10-13)37(33,34)35)29-30-23-16-6-4-3-5-14(16)11-17(24(23)31)25(32)28-15-7-8-18(26)20(12-15)36-2;/h3-12,31H,1-2H3,(H,28,32)(H,33,34,35);/q;+1/p-1. The van der Waals surface area contributed by atoms with Crippen molar-refractivity contribution in [2.24, 2.45) is 10.2 Å². The van der Waals surface area contributed by atoms with E-state index in [2.05, 4.69) is 15.5 Å². The fourth-order valence-corrected chi connectivity index (χ4v) is 4.89. The summed E-state index contributed by atoms with van der Waals surface area (Å²) in [6.07, 6.45) is 0. The molecule has 0 spiro atoms. The Morgan fingerprint density at radius 3 is 2.45 bits per heavy atom. The summed E-state index contributed by atoms with van der Waals surface area (Å²) in [4.78, 5) is 12.5. The number of azo groups is 1. The third kappa shape index (κ3) is 6.29. The number of hydrogen-bond donors (Lipinski definition) is 2. The normalized spacial score (nSPS) is 11.4. The number of aryl methyl sites for hydroxylation is 1. The monoisotopic (exact) mass is 581 g/mol. The third-order valence-electron chi connectivity index (χ3n) is 5.33. The second-order valence-corrected chi connectivity index (χ2v) is 10.1. The molecule has 0 fully saturated rings. The maximum absolute atomic E-state index is 13.4. The number of carbonyl (C=O) groups excluding carboxylic acids is 1. The van der Waals surface area contributed by atoms with Gasteiger partial charge in [-0.3, -0.25) is 9.35 Å². The van der Waals surface area contributed by atoms with Gasteiger partial charge in [0.15, 0.2) is 0 Å². The zero-order valence-corrected chi connectivity index (χ0v) is 24.6. The van der Waals surface area contributed by atoms with Gasteiger partial charge in [0.05, 0.1) is 22.8 Å². The van der Waals surface area contributed by atoms with E-state index in [1.54, 1.807) is 43.3 Å². The van der Waals surface area contributed by atoms with E-state index >= 15 is 0 Å². The first kappa shape index (κ1) is 29.9. The van der Waals surface area contributed by atoms with E-state index in [0.29, 0.717) is 32.8 Å². The molecule has 0 bridgehead atoms. The number of anilines is 1. The van der Waals surface area contributed by atoms with E-state index in [9.17, 15) is 22.9 Å². The molecule has 13 heteroatoms. The molecule has 1 amide bonds. The SMILES string of the molecule is COc1cc(NC(=O)c2cc3ccccc3c(N=Nc3cc(C)cc(S(=O)(=O)O)c3Cl)c2[O-])ccc1Cl.[Na+]. The molecule has 0 aliphatic rings. The van der Waals surface area contributed by atoms with Crippen molar-refractivity contribution in [1.82, 2.24) is 0 Å². The second-order valence-electron chi connectivity index (χ2n) is 7.90. The van der Waals surface area contributed by atoms with Crippen LogP contribution in [0, 0.1) is 6.92 Å². The molecule has 4 rings (SSSR count). The van der Waals surface area contributed by atoms with Gasteiger partial charge in [-0.05, 0) is 48.2 Å². The summed E-state index contributed by atoms with van der Waals surface area (Å²) in [6, 6.07) is 15.4. The molecule has 0 saturated heterocycles. The number of rotatable bonds is 6. The molecule has 0 radical (unpaired) electrons. The van der Waals surface area contributed by atoms with Crippen molar-refractivity contribution < 1.29 is 57.2 Å². The Hall–Kier alpha value is -2.70. The number of methoxy groups -OCH3 is 1. The van der Waals surface area contributed by atoms with Crippen molar-refractivity contribution in [3.63, 3.8) is 0 Å². The van der Waals surface area contributed by atoms with Crippen LogP contribution in [0.4, 0.5) is 17.1 Å². The summed E-state index contributed by atoms with van der Waals surface area (Å²) < 4.78 is 38.0. The van der Waals surface area contributed by atoms with E-state index in [4.69, 9.17) is 27.9 Å². The molecule has 4 aromatic rings. The number of hydrogen-bond acceptors (Lipinski definition) is 7. The fourth-order valence-electron chi connectivity index (χ4n) is 3.59. The van der Waals surface area contributed by atoms with Crippen LogP contribution in [0.25, 0.3) is 10.8 Å². The Bertz CT molecular complexity index is 1700. The van der Waals surface area contributed by atoms with Crippen LogP contribution in [-0.2, 0) is 10.1 Å². The van der Waals surface area contributed by atoms with Crippen molar-refractivity contribution in [1.29, 1.82) is 0 Å². The van der Waals surface area contributed by atoms with Crippen molar-refractivity contribution in [3.8, 4) is 11.5 Å². The maximum atomic E-state index is 13.4. The Labute approximate surface area is 250 Å². The third-order valence-corrected chi connectivity index (χ3v) is 7.03. The van der Waals surface area contributed by atoms with Gasteiger partial charge in [-0.15, -0.1) is 5.11 Å². The molecule has 0 unspecified atom stereocenters. The van der Waals surface area contributed by atoms with Crippen LogP contribution in [0.3, 0.4) is 0 Å². The average Bonchev–Trinajstić information content (AvgIpc) is 2.85. The van der Waals surface area contributed by atoms with Gasteiger partial charge in [0.1, 0.15) is 16.3 Å². The zero-order valence-electron chi connectivity index (χ0n) is 20.3. The number of nitrogens with zero attached hydrogens (tertiary/aromatic N) is 2. The number of fused-ring (bicyclic) bond motifs is 1. The summed E-state index contributed by atoms with van der Waals surface area (Å²) in [5.41, 5.74) is 0.357. The van der Waals surface area contributed by atoms with E-state index < -0.39 is 26.7 Å². The summed E-state index contributed by atoms with van der Waals surface area (Å²) in [7, 11) is -3.19. The molecule has 4 aromatic carbocycles. The van der Waals surface area contributed by atoms with E-state index in [0.717, 1.165) is 0 Å². The van der Waals surface area contributed by atoms with Gasteiger partial charge in [0.2, 0.25) is 0 Å². The van der Waals surface area contributed by atoms with Gasteiger partial charge < -0.3 is 15.2 Å². The van der Waals surface area contributed by atoms with Gasteiger partial charge in [0.25, 0.3) is 16.0 Å². The minimum atomic E-state index is -4.63. The molecule has 190 valence electrons. The van der Waals surface area contributed by atoms with Crippen molar-refractivity contribution in [2.75, 3.05) is 12.4 Å². The Morgan fingerprint density at radius 1 is 1.05 bits per heavy atom. The van der Waals surface area contributed by atoms with Gasteiger partial charge in [-0.2, -0.15) is 13.5 Å². The van der Waals surface area contributed by atoms with Crippen LogP contribution in [0.5, 0.6) is 11.5 Å². The summed E-state index contributed by atoms with van der Waals surface area (Å²) in [5.74, 6) is -1.06. The number of halogens is 2. The molecule has 9 nitrogen and oxygen atoms in total. The van der Waals surface area contributed by atoms with Crippen molar-refractivity contribution in [3.05, 3.63) is 81.8 Å². The van der Waals surface area contributed by atoms with Gasteiger partial charge in [-0.25, -0.2) is 0 Å². The number of nitrogens with one attached hydrogen (secondary N) is 1. The molecule has 0 heterocycles. The summed E-state index contributed by atoms with van der Waals surface area (Å²) >= 11 is 12.2. The van der Waals surface area contributed by atoms with Gasteiger partial charge in [0, 0.05) is 22.7 Å². The molecule has 2 N–H and O–H groups in total. The smallest absolute Gasteiger partial charge is 0.870 e. The molecule has 0 saturated carbocycles. The zero-order chi connectivity index (χ0) is 26.9. The first-order valence-corrected chi connectivity index (χ1v) is 12.8.